The molecule has 0 aliphatic rings. The van der Waals surface area contributed by atoms with Crippen LogP contribution in [0.2, 0.25) is 0 Å². The van der Waals surface area contributed by atoms with Gasteiger partial charge in [-0.2, -0.15) is 0 Å². The quantitative estimate of drug-likeness (QED) is 0.621. The zero-order chi connectivity index (χ0) is 13.6. The van der Waals surface area contributed by atoms with Crippen LogP contribution in [0, 0.1) is 11.6 Å². The van der Waals surface area contributed by atoms with Crippen molar-refractivity contribution >= 4 is 0 Å². The molecule has 0 atom stereocenters. The third kappa shape index (κ3) is 5.92. The highest BCUT2D eigenvalue weighted by Crippen LogP contribution is 2.10. The summed E-state index contributed by atoms with van der Waals surface area (Å²) in [6, 6.07) is 3.69. The highest BCUT2D eigenvalue weighted by molar-refractivity contribution is 5.20. The number of rotatable bonds is 5. The number of benzene rings is 1. The van der Waals surface area contributed by atoms with Crippen LogP contribution in [0.15, 0.2) is 30.4 Å². The van der Waals surface area contributed by atoms with Gasteiger partial charge < -0.3 is 5.32 Å². The normalized spacial score (nSPS) is 12.3. The average Bonchev–Trinajstić information content (AvgIpc) is 2.24. The summed E-state index contributed by atoms with van der Waals surface area (Å²) in [7, 11) is 0. The molecule has 0 unspecified atom stereocenters. The Morgan fingerprint density at radius 2 is 1.89 bits per heavy atom. The maximum absolute atomic E-state index is 13.3. The summed E-state index contributed by atoms with van der Waals surface area (Å²) >= 11 is 0. The fraction of sp³-hybridized carbons (Fsp3) is 0.467. The van der Waals surface area contributed by atoms with Crippen LogP contribution >= 0.6 is 0 Å². The first-order chi connectivity index (χ1) is 8.38. The van der Waals surface area contributed by atoms with Crippen molar-refractivity contribution in [1.82, 2.24) is 5.32 Å². The molecule has 100 valence electrons. The van der Waals surface area contributed by atoms with Crippen molar-refractivity contribution in [2.24, 2.45) is 0 Å². The summed E-state index contributed by atoms with van der Waals surface area (Å²) in [5.74, 6) is -1.01. The van der Waals surface area contributed by atoms with Crippen LogP contribution in [-0.4, -0.2) is 12.1 Å². The van der Waals surface area contributed by atoms with E-state index < -0.39 is 11.6 Å². The van der Waals surface area contributed by atoms with Gasteiger partial charge in [0.2, 0.25) is 0 Å². The minimum absolute atomic E-state index is 0.122. The molecule has 18 heavy (non-hydrogen) atoms. The molecule has 0 heterocycles. The molecule has 0 saturated carbocycles. The smallest absolute Gasteiger partial charge is 0.129 e. The predicted molar refractivity (Wildman–Crippen MR) is 71.6 cm³/mol. The first-order valence-electron chi connectivity index (χ1n) is 6.22. The van der Waals surface area contributed by atoms with Crippen molar-refractivity contribution < 1.29 is 8.78 Å². The van der Waals surface area contributed by atoms with Crippen LogP contribution < -0.4 is 5.32 Å². The zero-order valence-electron chi connectivity index (χ0n) is 11.3. The van der Waals surface area contributed by atoms with E-state index >= 15 is 0 Å². The van der Waals surface area contributed by atoms with E-state index in [0.717, 1.165) is 19.0 Å². The molecule has 0 saturated heterocycles. The fourth-order valence-electron chi connectivity index (χ4n) is 1.55. The van der Waals surface area contributed by atoms with Crippen molar-refractivity contribution in [2.75, 3.05) is 6.54 Å². The van der Waals surface area contributed by atoms with Gasteiger partial charge in [0.25, 0.3) is 0 Å². The van der Waals surface area contributed by atoms with Crippen LogP contribution in [0.3, 0.4) is 0 Å². The molecule has 3 heteroatoms. The Bertz CT molecular complexity index is 405. The molecule has 0 bridgehead atoms. The van der Waals surface area contributed by atoms with Crippen LogP contribution in [0.4, 0.5) is 8.78 Å². The van der Waals surface area contributed by atoms with Crippen LogP contribution in [-0.2, 0) is 6.42 Å². The lowest BCUT2D eigenvalue weighted by molar-refractivity contribution is 0.431. The highest BCUT2D eigenvalue weighted by Gasteiger charge is 2.06. The summed E-state index contributed by atoms with van der Waals surface area (Å²) in [6.07, 6.45) is 5.34. The van der Waals surface area contributed by atoms with Crippen molar-refractivity contribution in [2.45, 2.75) is 39.2 Å². The number of nitrogens with one attached hydrogen (secondary N) is 1. The van der Waals surface area contributed by atoms with Crippen molar-refractivity contribution in [3.05, 3.63) is 47.5 Å². The molecule has 1 N–H and O–H groups in total. The summed E-state index contributed by atoms with van der Waals surface area (Å²) in [6.45, 7) is 7.24. The summed E-state index contributed by atoms with van der Waals surface area (Å²) in [4.78, 5) is 0. The van der Waals surface area contributed by atoms with Gasteiger partial charge in [-0.1, -0.05) is 18.2 Å². The Labute approximate surface area is 108 Å². The molecular formula is C15H21F2N. The predicted octanol–water partition coefficient (Wildman–Crippen LogP) is 3.84. The van der Waals surface area contributed by atoms with Crippen LogP contribution in [0.1, 0.15) is 32.8 Å². The fourth-order valence-corrected chi connectivity index (χ4v) is 1.55. The molecule has 1 aromatic carbocycles. The molecule has 0 aromatic heterocycles. The Morgan fingerprint density at radius 1 is 1.17 bits per heavy atom. The Morgan fingerprint density at radius 3 is 2.50 bits per heavy atom. The first-order valence-corrected chi connectivity index (χ1v) is 6.22. The molecule has 1 rings (SSSR count). The minimum Gasteiger partial charge on any atom is -0.312 e. The standard InChI is InChI=1S/C15H21F2N/c1-15(2,3)18-10-6-4-5-7-12-8-9-13(16)11-14(12)17/h4-5,8-9,11,18H,6-7,10H2,1-3H3. The highest BCUT2D eigenvalue weighted by atomic mass is 19.1. The lowest BCUT2D eigenvalue weighted by Crippen LogP contribution is -2.36. The lowest BCUT2D eigenvalue weighted by Gasteiger charge is -2.19. The van der Waals surface area contributed by atoms with Crippen LogP contribution in [0.25, 0.3) is 0 Å². The van der Waals surface area contributed by atoms with Crippen molar-refractivity contribution in [3.8, 4) is 0 Å². The second-order valence-corrected chi connectivity index (χ2v) is 5.38. The molecule has 1 nitrogen and oxygen atoms in total. The number of allylic oxidation sites excluding steroid dienone is 1. The van der Waals surface area contributed by atoms with E-state index in [0.29, 0.717) is 12.0 Å². The summed E-state index contributed by atoms with van der Waals surface area (Å²) in [5.41, 5.74) is 0.646. The second kappa shape index (κ2) is 6.64. The first kappa shape index (κ1) is 14.8. The number of hydrogen-bond donors (Lipinski definition) is 1. The maximum Gasteiger partial charge on any atom is 0.129 e. The van der Waals surface area contributed by atoms with Gasteiger partial charge in [0.15, 0.2) is 0 Å². The molecule has 0 radical (unpaired) electrons. The van der Waals surface area contributed by atoms with E-state index in [-0.39, 0.29) is 5.54 Å². The van der Waals surface area contributed by atoms with Gasteiger partial charge >= 0.3 is 0 Å². The molecule has 1 aromatic rings. The largest absolute Gasteiger partial charge is 0.312 e. The van der Waals surface area contributed by atoms with Gasteiger partial charge in [0.05, 0.1) is 0 Å². The van der Waals surface area contributed by atoms with Crippen LogP contribution in [0.5, 0.6) is 0 Å². The molecule has 0 aliphatic heterocycles. The maximum atomic E-state index is 13.3. The molecule has 0 fully saturated rings. The van der Waals surface area contributed by atoms with Crippen molar-refractivity contribution in [3.63, 3.8) is 0 Å². The third-order valence-corrected chi connectivity index (χ3v) is 2.49. The average molecular weight is 253 g/mol. The number of halogens is 2. The minimum atomic E-state index is -0.533. The summed E-state index contributed by atoms with van der Waals surface area (Å²) in [5, 5.41) is 3.36. The van der Waals surface area contributed by atoms with E-state index in [9.17, 15) is 8.78 Å². The zero-order valence-corrected chi connectivity index (χ0v) is 11.3. The van der Waals surface area contributed by atoms with Gasteiger partial charge in [0, 0.05) is 11.6 Å². The van der Waals surface area contributed by atoms with E-state index in [1.807, 2.05) is 12.2 Å². The summed E-state index contributed by atoms with van der Waals surface area (Å²) < 4.78 is 26.0. The monoisotopic (exact) mass is 253 g/mol. The molecule has 0 amide bonds. The molecule has 0 spiro atoms. The van der Waals surface area contributed by atoms with E-state index in [4.69, 9.17) is 0 Å². The molecule has 0 aliphatic carbocycles. The third-order valence-electron chi connectivity index (χ3n) is 2.49. The Hall–Kier alpha value is -1.22. The van der Waals surface area contributed by atoms with Gasteiger partial charge in [0.1, 0.15) is 11.6 Å². The van der Waals surface area contributed by atoms with E-state index in [2.05, 4.69) is 26.1 Å². The lowest BCUT2D eigenvalue weighted by atomic mass is 10.1. The van der Waals surface area contributed by atoms with E-state index in [1.165, 1.54) is 12.1 Å². The van der Waals surface area contributed by atoms with E-state index in [1.54, 1.807) is 0 Å². The number of hydrogen-bond acceptors (Lipinski definition) is 1. The topological polar surface area (TPSA) is 12.0 Å². The van der Waals surface area contributed by atoms with Gasteiger partial charge in [-0.25, -0.2) is 8.78 Å². The van der Waals surface area contributed by atoms with Crippen molar-refractivity contribution in [1.29, 1.82) is 0 Å². The Kier molecular flexibility index (Phi) is 5.48. The molecular weight excluding hydrogens is 232 g/mol. The SMILES string of the molecule is CC(C)(C)NCCC=CCc1ccc(F)cc1F. The van der Waals surface area contributed by atoms with Gasteiger partial charge in [-0.15, -0.1) is 0 Å². The Balaban J connectivity index is 2.32. The van der Waals surface area contributed by atoms with Gasteiger partial charge in [-0.3, -0.25) is 0 Å². The van der Waals surface area contributed by atoms with Gasteiger partial charge in [-0.05, 0) is 51.8 Å². The second-order valence-electron chi connectivity index (χ2n) is 5.38.